The lowest BCUT2D eigenvalue weighted by molar-refractivity contribution is 0.307. The molecular weight excluding hydrogens is 374 g/mol. The van der Waals surface area contributed by atoms with E-state index in [0.29, 0.717) is 10.8 Å². The average molecular weight is 398 g/mol. The maximum Gasteiger partial charge on any atom is 0.240 e. The topological polar surface area (TPSA) is 81.2 Å². The Hall–Kier alpha value is -2.77. The monoisotopic (exact) mass is 397 g/mol. The Labute approximate surface area is 165 Å². The summed E-state index contributed by atoms with van der Waals surface area (Å²) in [4.78, 5) is 0.294. The fourth-order valence-corrected chi connectivity index (χ4v) is 4.12. The van der Waals surface area contributed by atoms with Gasteiger partial charge in [-0.3, -0.25) is 0 Å². The Kier molecular flexibility index (Phi) is 6.06. The van der Waals surface area contributed by atoms with E-state index in [1.54, 1.807) is 19.1 Å². The molecule has 0 radical (unpaired) electrons. The van der Waals surface area contributed by atoms with Crippen molar-refractivity contribution in [3.63, 3.8) is 0 Å². The Morgan fingerprint density at radius 3 is 2.29 bits per heavy atom. The number of aryl methyl sites for hydroxylation is 3. The number of benzene rings is 2. The molecular formula is C21H23N3O3S. The molecule has 3 rings (SSSR count). The van der Waals surface area contributed by atoms with Crippen molar-refractivity contribution < 1.29 is 13.2 Å². The number of rotatable bonds is 7. The zero-order valence-corrected chi connectivity index (χ0v) is 17.0. The van der Waals surface area contributed by atoms with Crippen LogP contribution < -0.4 is 9.46 Å². The van der Waals surface area contributed by atoms with Gasteiger partial charge in [0.2, 0.25) is 15.9 Å². The predicted octanol–water partition coefficient (Wildman–Crippen LogP) is 3.43. The van der Waals surface area contributed by atoms with Crippen LogP contribution in [0.1, 0.15) is 16.7 Å². The van der Waals surface area contributed by atoms with Gasteiger partial charge in [-0.15, -0.1) is 10.2 Å². The lowest BCUT2D eigenvalue weighted by atomic mass is 10.1. The van der Waals surface area contributed by atoms with Crippen LogP contribution >= 0.6 is 0 Å². The van der Waals surface area contributed by atoms with E-state index in [4.69, 9.17) is 4.74 Å². The van der Waals surface area contributed by atoms with Gasteiger partial charge < -0.3 is 4.74 Å². The third-order valence-electron chi connectivity index (χ3n) is 4.43. The summed E-state index contributed by atoms with van der Waals surface area (Å²) < 4.78 is 33.1. The van der Waals surface area contributed by atoms with Gasteiger partial charge in [0, 0.05) is 18.2 Å². The summed E-state index contributed by atoms with van der Waals surface area (Å²) >= 11 is 0. The maximum absolute atomic E-state index is 12.5. The van der Waals surface area contributed by atoms with Crippen LogP contribution in [0.4, 0.5) is 0 Å². The lowest BCUT2D eigenvalue weighted by Gasteiger charge is -2.12. The van der Waals surface area contributed by atoms with E-state index in [-0.39, 0.29) is 13.2 Å². The molecule has 2 aromatic carbocycles. The van der Waals surface area contributed by atoms with Crippen molar-refractivity contribution >= 4 is 10.0 Å². The highest BCUT2D eigenvalue weighted by Gasteiger charge is 2.17. The minimum absolute atomic E-state index is 0.136. The summed E-state index contributed by atoms with van der Waals surface area (Å²) in [7, 11) is -3.59. The summed E-state index contributed by atoms with van der Waals surface area (Å²) in [5.41, 5.74) is 4.45. The molecule has 146 valence electrons. The zero-order chi connectivity index (χ0) is 20.1. The number of sulfonamides is 1. The molecule has 3 aromatic rings. The Morgan fingerprint density at radius 2 is 1.61 bits per heavy atom. The molecule has 7 heteroatoms. The minimum Gasteiger partial charge on any atom is -0.475 e. The average Bonchev–Trinajstić information content (AvgIpc) is 2.69. The summed E-state index contributed by atoms with van der Waals surface area (Å²) in [6.45, 7) is 5.94. The summed E-state index contributed by atoms with van der Waals surface area (Å²) in [6, 6.07) is 16.8. The van der Waals surface area contributed by atoms with E-state index in [2.05, 4.69) is 14.9 Å². The summed E-state index contributed by atoms with van der Waals surface area (Å²) in [5.74, 6) is 0.348. The van der Waals surface area contributed by atoms with Crippen molar-refractivity contribution in [1.82, 2.24) is 14.9 Å². The molecule has 1 N–H and O–H groups in total. The first-order valence-corrected chi connectivity index (χ1v) is 10.4. The van der Waals surface area contributed by atoms with Crippen LogP contribution in [0.25, 0.3) is 11.3 Å². The molecule has 0 spiro atoms. The Bertz CT molecular complexity index is 1050. The van der Waals surface area contributed by atoms with Gasteiger partial charge in [0.05, 0.1) is 10.6 Å². The van der Waals surface area contributed by atoms with Crippen LogP contribution in [-0.2, 0) is 10.0 Å². The largest absolute Gasteiger partial charge is 0.475 e. The first-order valence-electron chi connectivity index (χ1n) is 8.96. The van der Waals surface area contributed by atoms with Crippen molar-refractivity contribution in [3.8, 4) is 17.1 Å². The third-order valence-corrected chi connectivity index (χ3v) is 6.04. The van der Waals surface area contributed by atoms with Gasteiger partial charge in [-0.1, -0.05) is 36.4 Å². The summed E-state index contributed by atoms with van der Waals surface area (Å²) in [5, 5.41) is 8.17. The maximum atomic E-state index is 12.5. The van der Waals surface area contributed by atoms with Gasteiger partial charge in [-0.2, -0.15) is 0 Å². The smallest absolute Gasteiger partial charge is 0.240 e. The molecule has 0 aliphatic rings. The van der Waals surface area contributed by atoms with E-state index in [1.165, 1.54) is 0 Å². The fourth-order valence-electron chi connectivity index (χ4n) is 2.79. The van der Waals surface area contributed by atoms with Crippen molar-refractivity contribution in [1.29, 1.82) is 0 Å². The molecule has 0 amide bonds. The van der Waals surface area contributed by atoms with Crippen molar-refractivity contribution in [2.75, 3.05) is 13.2 Å². The van der Waals surface area contributed by atoms with Crippen LogP contribution in [0.15, 0.2) is 59.5 Å². The Balaban J connectivity index is 1.56. The molecule has 28 heavy (non-hydrogen) atoms. The van der Waals surface area contributed by atoms with Crippen LogP contribution in [0, 0.1) is 20.8 Å². The minimum atomic E-state index is -3.59. The first-order chi connectivity index (χ1) is 13.4. The molecule has 0 aliphatic carbocycles. The second-order valence-corrected chi connectivity index (χ2v) is 8.31. The number of nitrogens with zero attached hydrogens (tertiary/aromatic N) is 2. The van der Waals surface area contributed by atoms with Crippen LogP contribution in [0.5, 0.6) is 5.88 Å². The highest BCUT2D eigenvalue weighted by molar-refractivity contribution is 7.89. The van der Waals surface area contributed by atoms with E-state index < -0.39 is 10.0 Å². The summed E-state index contributed by atoms with van der Waals surface area (Å²) in [6.07, 6.45) is 0. The standard InChI is InChI=1S/C21H23N3O3S/c1-15-13-17(3)20(14-16(15)2)28(25,26)22-11-12-27-21-10-9-19(23-24-21)18-7-5-4-6-8-18/h4-10,13-14,22H,11-12H2,1-3H3. The molecule has 1 aromatic heterocycles. The number of ether oxygens (including phenoxy) is 1. The number of aromatic nitrogens is 2. The highest BCUT2D eigenvalue weighted by atomic mass is 32.2. The first kappa shape index (κ1) is 20.0. The van der Waals surface area contributed by atoms with Gasteiger partial charge in [0.25, 0.3) is 0 Å². The molecule has 0 saturated heterocycles. The van der Waals surface area contributed by atoms with Gasteiger partial charge in [0.15, 0.2) is 0 Å². The van der Waals surface area contributed by atoms with E-state index in [9.17, 15) is 8.42 Å². The number of hydrogen-bond donors (Lipinski definition) is 1. The number of nitrogens with one attached hydrogen (secondary N) is 1. The fraction of sp³-hybridized carbons (Fsp3) is 0.238. The molecule has 1 heterocycles. The van der Waals surface area contributed by atoms with E-state index in [1.807, 2.05) is 56.3 Å². The molecule has 0 fully saturated rings. The molecule has 0 saturated carbocycles. The second-order valence-electron chi connectivity index (χ2n) is 6.57. The van der Waals surface area contributed by atoms with Gasteiger partial charge in [0.1, 0.15) is 6.61 Å². The van der Waals surface area contributed by atoms with Gasteiger partial charge in [-0.05, 0) is 49.6 Å². The highest BCUT2D eigenvalue weighted by Crippen LogP contribution is 2.20. The van der Waals surface area contributed by atoms with Gasteiger partial charge >= 0.3 is 0 Å². The predicted molar refractivity (Wildman–Crippen MR) is 109 cm³/mol. The molecule has 6 nitrogen and oxygen atoms in total. The number of hydrogen-bond acceptors (Lipinski definition) is 5. The van der Waals surface area contributed by atoms with Crippen molar-refractivity contribution in [2.24, 2.45) is 0 Å². The second kappa shape index (κ2) is 8.50. The van der Waals surface area contributed by atoms with Crippen molar-refractivity contribution in [3.05, 3.63) is 71.3 Å². The third kappa shape index (κ3) is 4.74. The van der Waals surface area contributed by atoms with E-state index in [0.717, 1.165) is 27.9 Å². The zero-order valence-electron chi connectivity index (χ0n) is 16.1. The lowest BCUT2D eigenvalue weighted by Crippen LogP contribution is -2.29. The molecule has 0 aliphatic heterocycles. The SMILES string of the molecule is Cc1cc(C)c(S(=O)(=O)NCCOc2ccc(-c3ccccc3)nn2)cc1C. The van der Waals surface area contributed by atoms with Crippen LogP contribution in [0.2, 0.25) is 0 Å². The van der Waals surface area contributed by atoms with Crippen LogP contribution in [0.3, 0.4) is 0 Å². The van der Waals surface area contributed by atoms with Gasteiger partial charge in [-0.25, -0.2) is 13.1 Å². The van der Waals surface area contributed by atoms with Crippen LogP contribution in [-0.4, -0.2) is 31.8 Å². The quantitative estimate of drug-likeness (QED) is 0.618. The normalized spacial score (nSPS) is 11.4. The van der Waals surface area contributed by atoms with E-state index >= 15 is 0 Å². The Morgan fingerprint density at radius 1 is 0.893 bits per heavy atom. The molecule has 0 unspecified atom stereocenters. The van der Waals surface area contributed by atoms with Crippen molar-refractivity contribution in [2.45, 2.75) is 25.7 Å². The molecule has 0 atom stereocenters. The molecule has 0 bridgehead atoms.